The van der Waals surface area contributed by atoms with Gasteiger partial charge >= 0.3 is 5.97 Å². The van der Waals surface area contributed by atoms with Gasteiger partial charge in [-0.15, -0.1) is 0 Å². The van der Waals surface area contributed by atoms with Crippen molar-refractivity contribution in [1.82, 2.24) is 4.98 Å². The molecule has 0 saturated heterocycles. The Morgan fingerprint density at radius 3 is 2.94 bits per heavy atom. The molecule has 2 atom stereocenters. The van der Waals surface area contributed by atoms with Gasteiger partial charge in [-0.25, -0.2) is 9.78 Å². The van der Waals surface area contributed by atoms with Crippen LogP contribution in [0.3, 0.4) is 0 Å². The SMILES string of the molecule is COC(=O)c1ccnc(NCCC(C)S(C)=O)c1. The molecule has 0 aliphatic rings. The molecule has 0 spiro atoms. The van der Waals surface area contributed by atoms with Crippen molar-refractivity contribution in [2.75, 3.05) is 25.2 Å². The zero-order valence-electron chi connectivity index (χ0n) is 10.8. The Morgan fingerprint density at radius 1 is 1.61 bits per heavy atom. The summed E-state index contributed by atoms with van der Waals surface area (Å²) in [6, 6.07) is 3.24. The van der Waals surface area contributed by atoms with Gasteiger partial charge in [-0.05, 0) is 18.6 Å². The molecule has 1 heterocycles. The number of carbonyl (C=O) groups is 1. The van der Waals surface area contributed by atoms with E-state index in [1.165, 1.54) is 7.11 Å². The minimum Gasteiger partial charge on any atom is -0.465 e. The predicted molar refractivity (Wildman–Crippen MR) is 72.2 cm³/mol. The molecule has 6 heteroatoms. The zero-order chi connectivity index (χ0) is 13.5. The van der Waals surface area contributed by atoms with Crippen LogP contribution < -0.4 is 5.32 Å². The van der Waals surface area contributed by atoms with Gasteiger partial charge in [0.1, 0.15) is 5.82 Å². The molecule has 2 unspecified atom stereocenters. The summed E-state index contributed by atoms with van der Waals surface area (Å²) in [5.74, 6) is 0.232. The van der Waals surface area contributed by atoms with Crippen LogP contribution in [0.15, 0.2) is 18.3 Å². The number of aromatic nitrogens is 1. The molecule has 0 aliphatic carbocycles. The second-order valence-electron chi connectivity index (χ2n) is 3.95. The second-order valence-corrected chi connectivity index (χ2v) is 5.75. The number of rotatable bonds is 6. The molecule has 5 nitrogen and oxygen atoms in total. The summed E-state index contributed by atoms with van der Waals surface area (Å²) in [5, 5.41) is 3.24. The Hall–Kier alpha value is -1.43. The molecule has 1 rings (SSSR count). The third kappa shape index (κ3) is 4.44. The first-order valence-electron chi connectivity index (χ1n) is 5.65. The lowest BCUT2D eigenvalue weighted by Crippen LogP contribution is -2.15. The van der Waals surface area contributed by atoms with Crippen LogP contribution >= 0.6 is 0 Å². The minimum absolute atomic E-state index is 0.140. The smallest absolute Gasteiger partial charge is 0.338 e. The van der Waals surface area contributed by atoms with Crippen molar-refractivity contribution < 1.29 is 13.7 Å². The quantitative estimate of drug-likeness (QED) is 0.792. The topological polar surface area (TPSA) is 68.3 Å². The van der Waals surface area contributed by atoms with Crippen molar-refractivity contribution >= 4 is 22.6 Å². The Labute approximate surface area is 109 Å². The zero-order valence-corrected chi connectivity index (χ0v) is 11.6. The van der Waals surface area contributed by atoms with Crippen LogP contribution in [-0.4, -0.2) is 40.3 Å². The highest BCUT2D eigenvalue weighted by atomic mass is 32.2. The maximum Gasteiger partial charge on any atom is 0.338 e. The fraction of sp³-hybridized carbons (Fsp3) is 0.500. The third-order valence-electron chi connectivity index (χ3n) is 2.60. The molecule has 1 N–H and O–H groups in total. The van der Waals surface area contributed by atoms with E-state index >= 15 is 0 Å². The van der Waals surface area contributed by atoms with Crippen LogP contribution in [0.2, 0.25) is 0 Å². The number of nitrogens with one attached hydrogen (secondary N) is 1. The van der Waals surface area contributed by atoms with Gasteiger partial charge in [-0.2, -0.15) is 0 Å². The summed E-state index contributed by atoms with van der Waals surface area (Å²) in [5.41, 5.74) is 0.460. The van der Waals surface area contributed by atoms with Gasteiger partial charge in [-0.1, -0.05) is 6.92 Å². The van der Waals surface area contributed by atoms with Crippen LogP contribution in [0.5, 0.6) is 0 Å². The maximum atomic E-state index is 11.3. The summed E-state index contributed by atoms with van der Waals surface area (Å²) in [7, 11) is 0.526. The van der Waals surface area contributed by atoms with E-state index in [0.717, 1.165) is 6.42 Å². The highest BCUT2D eigenvalue weighted by Crippen LogP contribution is 2.08. The lowest BCUT2D eigenvalue weighted by molar-refractivity contribution is 0.0600. The van der Waals surface area contributed by atoms with E-state index in [9.17, 15) is 9.00 Å². The number of carbonyl (C=O) groups excluding carboxylic acids is 1. The van der Waals surface area contributed by atoms with E-state index in [4.69, 9.17) is 0 Å². The minimum atomic E-state index is -0.816. The number of pyridine rings is 1. The Morgan fingerprint density at radius 2 is 2.33 bits per heavy atom. The van der Waals surface area contributed by atoms with Crippen LogP contribution in [0, 0.1) is 0 Å². The van der Waals surface area contributed by atoms with Crippen LogP contribution in [0.4, 0.5) is 5.82 Å². The fourth-order valence-corrected chi connectivity index (χ4v) is 1.79. The number of anilines is 1. The van der Waals surface area contributed by atoms with Gasteiger partial charge in [0.2, 0.25) is 0 Å². The summed E-state index contributed by atoms with van der Waals surface area (Å²) in [6.07, 6.45) is 4.03. The molecule has 1 aromatic rings. The number of ether oxygens (including phenoxy) is 1. The second kappa shape index (κ2) is 7.10. The number of esters is 1. The van der Waals surface area contributed by atoms with Crippen molar-refractivity contribution in [1.29, 1.82) is 0 Å². The lowest BCUT2D eigenvalue weighted by atomic mass is 10.2. The van der Waals surface area contributed by atoms with E-state index in [1.54, 1.807) is 24.6 Å². The van der Waals surface area contributed by atoms with Gasteiger partial charge in [-0.3, -0.25) is 4.21 Å². The normalized spacial score (nSPS) is 13.7. The van der Waals surface area contributed by atoms with Gasteiger partial charge in [0, 0.05) is 35.0 Å². The number of nitrogens with zero attached hydrogens (tertiary/aromatic N) is 1. The number of hydrogen-bond donors (Lipinski definition) is 1. The summed E-state index contributed by atoms with van der Waals surface area (Å²) in [4.78, 5) is 15.4. The average molecular weight is 270 g/mol. The van der Waals surface area contributed by atoms with Gasteiger partial charge in [0.25, 0.3) is 0 Å². The van der Waals surface area contributed by atoms with E-state index in [1.807, 2.05) is 6.92 Å². The van der Waals surface area contributed by atoms with E-state index in [0.29, 0.717) is 17.9 Å². The van der Waals surface area contributed by atoms with Gasteiger partial charge < -0.3 is 10.1 Å². The largest absolute Gasteiger partial charge is 0.465 e. The molecule has 0 aromatic carbocycles. The average Bonchev–Trinajstić information content (AvgIpc) is 2.37. The standard InChI is InChI=1S/C12H18N2O3S/c1-9(18(3)16)4-6-13-11-8-10(5-7-14-11)12(15)17-2/h5,7-9H,4,6H2,1-3H3,(H,13,14). The first-order chi connectivity index (χ1) is 8.54. The fourth-order valence-electron chi connectivity index (χ4n) is 1.34. The molecular formula is C12H18N2O3S. The first kappa shape index (κ1) is 14.6. The monoisotopic (exact) mass is 270 g/mol. The molecule has 0 radical (unpaired) electrons. The Bertz CT molecular complexity index is 437. The molecule has 1 aromatic heterocycles. The van der Waals surface area contributed by atoms with E-state index in [2.05, 4.69) is 15.0 Å². The molecule has 0 saturated carbocycles. The molecule has 18 heavy (non-hydrogen) atoms. The molecule has 0 aliphatic heterocycles. The van der Waals surface area contributed by atoms with Gasteiger partial charge in [0.15, 0.2) is 0 Å². The van der Waals surface area contributed by atoms with E-state index < -0.39 is 10.8 Å². The van der Waals surface area contributed by atoms with Crippen molar-refractivity contribution in [2.24, 2.45) is 0 Å². The van der Waals surface area contributed by atoms with Crippen LogP contribution in [0.25, 0.3) is 0 Å². The van der Waals surface area contributed by atoms with Crippen molar-refractivity contribution in [3.8, 4) is 0 Å². The summed E-state index contributed by atoms with van der Waals surface area (Å²) < 4.78 is 15.8. The first-order valence-corrected chi connectivity index (χ1v) is 7.27. The van der Waals surface area contributed by atoms with Crippen molar-refractivity contribution in [3.05, 3.63) is 23.9 Å². The van der Waals surface area contributed by atoms with Gasteiger partial charge in [0.05, 0.1) is 12.7 Å². The molecule has 0 fully saturated rings. The molecule has 0 bridgehead atoms. The highest BCUT2D eigenvalue weighted by molar-refractivity contribution is 7.84. The Kier molecular flexibility index (Phi) is 5.77. The number of hydrogen-bond acceptors (Lipinski definition) is 5. The summed E-state index contributed by atoms with van der Waals surface area (Å²) in [6.45, 7) is 2.61. The van der Waals surface area contributed by atoms with Crippen LogP contribution in [0.1, 0.15) is 23.7 Å². The van der Waals surface area contributed by atoms with Crippen molar-refractivity contribution in [3.63, 3.8) is 0 Å². The predicted octanol–water partition coefficient (Wildman–Crippen LogP) is 1.44. The molecule has 0 amide bonds. The summed E-state index contributed by atoms with van der Waals surface area (Å²) >= 11 is 0. The Balaban J connectivity index is 2.53. The third-order valence-corrected chi connectivity index (χ3v) is 3.97. The molecular weight excluding hydrogens is 252 g/mol. The highest BCUT2D eigenvalue weighted by Gasteiger charge is 2.08. The maximum absolute atomic E-state index is 11.3. The number of methoxy groups -OCH3 is 1. The van der Waals surface area contributed by atoms with E-state index in [-0.39, 0.29) is 11.2 Å². The lowest BCUT2D eigenvalue weighted by Gasteiger charge is -2.10. The van der Waals surface area contributed by atoms with Crippen LogP contribution in [-0.2, 0) is 15.5 Å². The van der Waals surface area contributed by atoms with Crippen molar-refractivity contribution in [2.45, 2.75) is 18.6 Å². The molecule has 100 valence electrons.